The Morgan fingerprint density at radius 2 is 1.92 bits per heavy atom. The minimum absolute atomic E-state index is 0.193. The third-order valence-corrected chi connectivity index (χ3v) is 6.63. The highest BCUT2D eigenvalue weighted by Crippen LogP contribution is 2.29. The Morgan fingerprint density at radius 3 is 2.76 bits per heavy atom. The van der Waals surface area contributed by atoms with Gasteiger partial charge in [-0.1, -0.05) is 6.07 Å². The number of nitrogens with one attached hydrogen (secondary N) is 1. The molecule has 0 aliphatic carbocycles. The minimum Gasteiger partial charge on any atom is -0.496 e. The fourth-order valence-corrected chi connectivity index (χ4v) is 4.70. The van der Waals surface area contributed by atoms with Crippen LogP contribution in [0.2, 0.25) is 0 Å². The van der Waals surface area contributed by atoms with Crippen LogP contribution < -0.4 is 10.1 Å². The van der Waals surface area contributed by atoms with Gasteiger partial charge in [0.05, 0.1) is 19.3 Å². The molecular formula is C26H30N6O5. The number of nitrogens with zero attached hydrogens (tertiary/aromatic N) is 5. The van der Waals surface area contributed by atoms with Crippen molar-refractivity contribution in [3.63, 3.8) is 0 Å². The van der Waals surface area contributed by atoms with E-state index in [1.54, 1.807) is 24.1 Å². The maximum atomic E-state index is 13.3. The van der Waals surface area contributed by atoms with Crippen molar-refractivity contribution in [1.82, 2.24) is 24.6 Å². The van der Waals surface area contributed by atoms with E-state index in [1.165, 1.54) is 7.11 Å². The van der Waals surface area contributed by atoms with E-state index in [4.69, 9.17) is 14.2 Å². The van der Waals surface area contributed by atoms with Gasteiger partial charge in [0, 0.05) is 33.2 Å². The summed E-state index contributed by atoms with van der Waals surface area (Å²) in [5, 5.41) is 11.5. The summed E-state index contributed by atoms with van der Waals surface area (Å²) in [7, 11) is 3.09. The van der Waals surface area contributed by atoms with Crippen molar-refractivity contribution >= 4 is 17.8 Å². The number of methoxy groups -OCH3 is 2. The lowest BCUT2D eigenvalue weighted by atomic mass is 9.96. The summed E-state index contributed by atoms with van der Waals surface area (Å²) in [5.74, 6) is 2.18. The van der Waals surface area contributed by atoms with Crippen molar-refractivity contribution < 1.29 is 23.8 Å². The zero-order chi connectivity index (χ0) is 25.8. The zero-order valence-corrected chi connectivity index (χ0v) is 21.0. The largest absolute Gasteiger partial charge is 0.496 e. The molecule has 0 spiro atoms. The molecule has 37 heavy (non-hydrogen) atoms. The van der Waals surface area contributed by atoms with Crippen LogP contribution in [0.25, 0.3) is 11.5 Å². The number of rotatable bonds is 7. The summed E-state index contributed by atoms with van der Waals surface area (Å²) >= 11 is 0. The van der Waals surface area contributed by atoms with E-state index >= 15 is 0 Å². The molecule has 11 heteroatoms. The molecule has 0 saturated carbocycles. The highest BCUT2D eigenvalue weighted by molar-refractivity contribution is 6.06. The molecule has 0 atom stereocenters. The number of ether oxygens (including phenoxy) is 3. The number of carbonyl (C=O) groups is 2. The van der Waals surface area contributed by atoms with Crippen LogP contribution in [0.3, 0.4) is 0 Å². The van der Waals surface area contributed by atoms with Crippen LogP contribution in [0, 0.1) is 0 Å². The zero-order valence-electron chi connectivity index (χ0n) is 21.0. The molecule has 0 radical (unpaired) electrons. The maximum absolute atomic E-state index is 13.3. The standard InChI is InChI=1S/C26H30N6O5/c1-35-12-13-37-26(34)31-11-9-17-15-21(36-2)19(14-18(17)16-31)25(33)28-22-7-5-6-20(27-22)24-30-29-23-8-3-4-10-32(23)24/h5-7,14-15H,3-4,8-13,16H2,1-2H3,(H,27,28,33). The number of pyridine rings is 1. The molecule has 2 aliphatic heterocycles. The number of carbonyl (C=O) groups excluding carboxylic acids is 2. The Morgan fingerprint density at radius 1 is 1.03 bits per heavy atom. The second-order valence-corrected chi connectivity index (χ2v) is 9.01. The Balaban J connectivity index is 1.34. The van der Waals surface area contributed by atoms with Gasteiger partial charge in [0.15, 0.2) is 5.82 Å². The molecule has 2 amide bonds. The van der Waals surface area contributed by atoms with Gasteiger partial charge < -0.3 is 29.0 Å². The van der Waals surface area contributed by atoms with Crippen LogP contribution in [0.4, 0.5) is 10.6 Å². The third kappa shape index (κ3) is 5.26. The van der Waals surface area contributed by atoms with Crippen molar-refractivity contribution in [2.24, 2.45) is 0 Å². The molecule has 4 heterocycles. The van der Waals surface area contributed by atoms with Gasteiger partial charge in [-0.3, -0.25) is 4.79 Å². The van der Waals surface area contributed by atoms with Crippen LogP contribution in [0.5, 0.6) is 5.75 Å². The average molecular weight is 507 g/mol. The quantitative estimate of drug-likeness (QED) is 0.486. The highest BCUT2D eigenvalue weighted by atomic mass is 16.6. The van der Waals surface area contributed by atoms with Gasteiger partial charge >= 0.3 is 6.09 Å². The van der Waals surface area contributed by atoms with Crippen molar-refractivity contribution in [3.8, 4) is 17.3 Å². The van der Waals surface area contributed by atoms with Gasteiger partial charge in [-0.25, -0.2) is 9.78 Å². The van der Waals surface area contributed by atoms with Crippen LogP contribution >= 0.6 is 0 Å². The first kappa shape index (κ1) is 24.7. The molecule has 1 N–H and O–H groups in total. The monoisotopic (exact) mass is 506 g/mol. The van der Waals surface area contributed by atoms with E-state index in [9.17, 15) is 9.59 Å². The number of amides is 2. The lowest BCUT2D eigenvalue weighted by molar-refractivity contribution is 0.0688. The number of hydrogen-bond donors (Lipinski definition) is 1. The van der Waals surface area contributed by atoms with Gasteiger partial charge in [-0.15, -0.1) is 10.2 Å². The number of anilines is 1. The van der Waals surface area contributed by atoms with E-state index in [0.717, 1.165) is 42.8 Å². The topological polar surface area (TPSA) is 121 Å². The van der Waals surface area contributed by atoms with Crippen molar-refractivity contribution in [3.05, 3.63) is 52.8 Å². The molecule has 0 unspecified atom stereocenters. The summed E-state index contributed by atoms with van der Waals surface area (Å²) in [6, 6.07) is 9.07. The summed E-state index contributed by atoms with van der Waals surface area (Å²) in [4.78, 5) is 32.0. The summed E-state index contributed by atoms with van der Waals surface area (Å²) in [5.41, 5.74) is 2.92. The van der Waals surface area contributed by atoms with Gasteiger partial charge in [0.2, 0.25) is 0 Å². The number of hydrogen-bond acceptors (Lipinski definition) is 8. The van der Waals surface area contributed by atoms with Gasteiger partial charge in [0.25, 0.3) is 5.91 Å². The van der Waals surface area contributed by atoms with Gasteiger partial charge in [-0.2, -0.15) is 0 Å². The second kappa shape index (κ2) is 11.0. The third-order valence-electron chi connectivity index (χ3n) is 6.63. The van der Waals surface area contributed by atoms with Crippen molar-refractivity contribution in [2.75, 3.05) is 39.3 Å². The molecule has 194 valence electrons. The normalized spacial score (nSPS) is 14.5. The van der Waals surface area contributed by atoms with E-state index in [-0.39, 0.29) is 12.5 Å². The van der Waals surface area contributed by atoms with Crippen LogP contribution in [-0.4, -0.2) is 70.6 Å². The number of benzene rings is 1. The predicted octanol–water partition coefficient (Wildman–Crippen LogP) is 3.08. The summed E-state index contributed by atoms with van der Waals surface area (Å²) in [6.45, 7) is 2.26. The predicted molar refractivity (Wildman–Crippen MR) is 134 cm³/mol. The Labute approximate surface area is 214 Å². The second-order valence-electron chi connectivity index (χ2n) is 9.01. The Bertz CT molecular complexity index is 1310. The SMILES string of the molecule is COCCOC(=O)N1CCc2cc(OC)c(C(=O)Nc3cccc(-c4nnc5n4CCCC5)n3)cc2C1. The first-order valence-corrected chi connectivity index (χ1v) is 12.4. The Kier molecular flexibility index (Phi) is 7.31. The van der Waals surface area contributed by atoms with Gasteiger partial charge in [-0.05, 0) is 54.7 Å². The number of aromatic nitrogens is 4. The van der Waals surface area contributed by atoms with E-state index in [0.29, 0.717) is 54.8 Å². The van der Waals surface area contributed by atoms with Gasteiger partial charge in [0.1, 0.15) is 29.7 Å². The van der Waals surface area contributed by atoms with Crippen molar-refractivity contribution in [2.45, 2.75) is 38.8 Å². The van der Waals surface area contributed by atoms with Crippen LogP contribution in [0.15, 0.2) is 30.3 Å². The maximum Gasteiger partial charge on any atom is 0.410 e. The molecule has 0 saturated heterocycles. The first-order valence-electron chi connectivity index (χ1n) is 12.4. The van der Waals surface area contributed by atoms with E-state index < -0.39 is 6.09 Å². The molecule has 0 bridgehead atoms. The molecule has 11 nitrogen and oxygen atoms in total. The molecule has 5 rings (SSSR count). The lowest BCUT2D eigenvalue weighted by Crippen LogP contribution is -2.37. The molecule has 2 aromatic heterocycles. The molecule has 0 fully saturated rings. The smallest absolute Gasteiger partial charge is 0.410 e. The first-order chi connectivity index (χ1) is 18.1. The summed E-state index contributed by atoms with van der Waals surface area (Å²) < 4.78 is 17.8. The van der Waals surface area contributed by atoms with E-state index in [1.807, 2.05) is 18.2 Å². The minimum atomic E-state index is -0.402. The average Bonchev–Trinajstić information content (AvgIpc) is 3.36. The fourth-order valence-electron chi connectivity index (χ4n) is 4.70. The van der Waals surface area contributed by atoms with E-state index in [2.05, 4.69) is 25.1 Å². The fraction of sp³-hybridized carbons (Fsp3) is 0.423. The molecule has 1 aromatic carbocycles. The number of aryl methyl sites for hydroxylation is 1. The lowest BCUT2D eigenvalue weighted by Gasteiger charge is -2.29. The molecule has 2 aliphatic rings. The summed E-state index contributed by atoms with van der Waals surface area (Å²) in [6.07, 6.45) is 3.33. The van der Waals surface area contributed by atoms with Crippen LogP contribution in [0.1, 0.15) is 40.2 Å². The van der Waals surface area contributed by atoms with Crippen molar-refractivity contribution in [1.29, 1.82) is 0 Å². The van der Waals surface area contributed by atoms with Crippen LogP contribution in [-0.2, 0) is 35.4 Å². The number of fused-ring (bicyclic) bond motifs is 2. The highest BCUT2D eigenvalue weighted by Gasteiger charge is 2.25. The molecular weight excluding hydrogens is 476 g/mol. The molecule has 3 aromatic rings. The Hall–Kier alpha value is -3.99.